The standard InChI is InChI=1S/C16H19N3O3S/c1-23(21,22)19-15-8-6-13(7-9-15)4-2-11-18-16(20)14-5-3-10-17-12-14/h3,5-10,12,19H,2,4,11H2,1H3,(H,18,20). The zero-order valence-electron chi connectivity index (χ0n) is 12.8. The van der Waals surface area contributed by atoms with Crippen LogP contribution in [0.2, 0.25) is 0 Å². The number of aryl methyl sites for hydroxylation is 1. The molecule has 0 spiro atoms. The molecule has 0 fully saturated rings. The molecule has 0 aliphatic carbocycles. The molecule has 0 aliphatic heterocycles. The molecular weight excluding hydrogens is 314 g/mol. The zero-order valence-corrected chi connectivity index (χ0v) is 13.6. The van der Waals surface area contributed by atoms with E-state index >= 15 is 0 Å². The number of rotatable bonds is 7. The lowest BCUT2D eigenvalue weighted by Crippen LogP contribution is -2.24. The van der Waals surface area contributed by atoms with Gasteiger partial charge in [-0.25, -0.2) is 8.42 Å². The Labute approximate surface area is 136 Å². The molecule has 1 aromatic heterocycles. The van der Waals surface area contributed by atoms with Gasteiger partial charge < -0.3 is 5.32 Å². The predicted octanol–water partition coefficient (Wildman–Crippen LogP) is 1.82. The zero-order chi connectivity index (χ0) is 16.7. The number of benzene rings is 1. The summed E-state index contributed by atoms with van der Waals surface area (Å²) in [6, 6.07) is 10.6. The molecule has 0 saturated carbocycles. The number of carbonyl (C=O) groups excluding carboxylic acids is 1. The molecular formula is C16H19N3O3S. The second kappa shape index (κ2) is 7.73. The van der Waals surface area contributed by atoms with Gasteiger partial charge in [0.25, 0.3) is 5.91 Å². The predicted molar refractivity (Wildman–Crippen MR) is 89.8 cm³/mol. The number of carbonyl (C=O) groups is 1. The average Bonchev–Trinajstić information content (AvgIpc) is 2.52. The summed E-state index contributed by atoms with van der Waals surface area (Å²) < 4.78 is 24.7. The monoisotopic (exact) mass is 333 g/mol. The smallest absolute Gasteiger partial charge is 0.252 e. The van der Waals surface area contributed by atoms with Crippen molar-refractivity contribution in [2.24, 2.45) is 0 Å². The van der Waals surface area contributed by atoms with Crippen molar-refractivity contribution in [2.75, 3.05) is 17.5 Å². The van der Waals surface area contributed by atoms with Crippen LogP contribution >= 0.6 is 0 Å². The molecule has 0 atom stereocenters. The van der Waals surface area contributed by atoms with Crippen LogP contribution in [0.15, 0.2) is 48.8 Å². The third-order valence-corrected chi connectivity index (χ3v) is 3.72. The van der Waals surface area contributed by atoms with Crippen molar-refractivity contribution in [3.63, 3.8) is 0 Å². The van der Waals surface area contributed by atoms with Gasteiger partial charge in [0, 0.05) is 24.6 Å². The molecule has 0 radical (unpaired) electrons. The van der Waals surface area contributed by atoms with Crippen molar-refractivity contribution in [1.29, 1.82) is 0 Å². The molecule has 23 heavy (non-hydrogen) atoms. The first-order valence-electron chi connectivity index (χ1n) is 7.19. The number of nitrogens with zero attached hydrogens (tertiary/aromatic N) is 1. The van der Waals surface area contributed by atoms with Crippen molar-refractivity contribution >= 4 is 21.6 Å². The van der Waals surface area contributed by atoms with E-state index in [2.05, 4.69) is 15.0 Å². The number of amides is 1. The van der Waals surface area contributed by atoms with E-state index in [0.717, 1.165) is 24.7 Å². The molecule has 2 aromatic rings. The molecule has 0 bridgehead atoms. The minimum atomic E-state index is -3.25. The number of hydrogen-bond acceptors (Lipinski definition) is 4. The van der Waals surface area contributed by atoms with Gasteiger partial charge in [-0.2, -0.15) is 0 Å². The van der Waals surface area contributed by atoms with E-state index in [1.54, 1.807) is 30.5 Å². The maximum atomic E-state index is 11.8. The number of nitrogens with one attached hydrogen (secondary N) is 2. The second-order valence-electron chi connectivity index (χ2n) is 5.17. The third-order valence-electron chi connectivity index (χ3n) is 3.11. The summed E-state index contributed by atoms with van der Waals surface area (Å²) in [6.07, 6.45) is 5.87. The summed E-state index contributed by atoms with van der Waals surface area (Å²) >= 11 is 0. The Morgan fingerprint density at radius 1 is 1.17 bits per heavy atom. The van der Waals surface area contributed by atoms with Crippen molar-refractivity contribution in [3.05, 3.63) is 59.9 Å². The summed E-state index contributed by atoms with van der Waals surface area (Å²) in [6.45, 7) is 0.567. The Kier molecular flexibility index (Phi) is 5.70. The molecule has 122 valence electrons. The van der Waals surface area contributed by atoms with E-state index in [4.69, 9.17) is 0 Å². The highest BCUT2D eigenvalue weighted by atomic mass is 32.2. The van der Waals surface area contributed by atoms with Crippen molar-refractivity contribution in [2.45, 2.75) is 12.8 Å². The largest absolute Gasteiger partial charge is 0.352 e. The van der Waals surface area contributed by atoms with Crippen molar-refractivity contribution in [3.8, 4) is 0 Å². The van der Waals surface area contributed by atoms with Gasteiger partial charge in [0.1, 0.15) is 0 Å². The van der Waals surface area contributed by atoms with Crippen LogP contribution in [0.25, 0.3) is 0 Å². The van der Waals surface area contributed by atoms with Gasteiger partial charge in [-0.1, -0.05) is 12.1 Å². The Morgan fingerprint density at radius 3 is 2.52 bits per heavy atom. The van der Waals surface area contributed by atoms with E-state index in [1.165, 1.54) is 6.20 Å². The van der Waals surface area contributed by atoms with E-state index in [9.17, 15) is 13.2 Å². The summed E-state index contributed by atoms with van der Waals surface area (Å²) in [5, 5.41) is 2.84. The van der Waals surface area contributed by atoms with Crippen LogP contribution in [-0.4, -0.2) is 32.1 Å². The lowest BCUT2D eigenvalue weighted by molar-refractivity contribution is 0.0953. The maximum absolute atomic E-state index is 11.8. The van der Waals surface area contributed by atoms with E-state index in [0.29, 0.717) is 17.8 Å². The minimum absolute atomic E-state index is 0.134. The molecule has 1 heterocycles. The van der Waals surface area contributed by atoms with Crippen LogP contribution in [-0.2, 0) is 16.4 Å². The molecule has 1 aromatic carbocycles. The van der Waals surface area contributed by atoms with Crippen LogP contribution in [0, 0.1) is 0 Å². The lowest BCUT2D eigenvalue weighted by atomic mass is 10.1. The SMILES string of the molecule is CS(=O)(=O)Nc1ccc(CCCNC(=O)c2cccnc2)cc1. The van der Waals surface area contributed by atoms with Gasteiger partial charge in [-0.3, -0.25) is 14.5 Å². The highest BCUT2D eigenvalue weighted by molar-refractivity contribution is 7.92. The summed E-state index contributed by atoms with van der Waals surface area (Å²) in [5.74, 6) is -0.134. The molecule has 7 heteroatoms. The second-order valence-corrected chi connectivity index (χ2v) is 6.92. The first kappa shape index (κ1) is 17.0. The highest BCUT2D eigenvalue weighted by Crippen LogP contribution is 2.12. The number of pyridine rings is 1. The van der Waals surface area contributed by atoms with Gasteiger partial charge in [-0.15, -0.1) is 0 Å². The number of aromatic nitrogens is 1. The molecule has 1 amide bonds. The van der Waals surface area contributed by atoms with Gasteiger partial charge in [0.2, 0.25) is 10.0 Å². The lowest BCUT2D eigenvalue weighted by Gasteiger charge is -2.07. The van der Waals surface area contributed by atoms with Crippen molar-refractivity contribution in [1.82, 2.24) is 10.3 Å². The quantitative estimate of drug-likeness (QED) is 0.757. The summed E-state index contributed by atoms with van der Waals surface area (Å²) in [7, 11) is -3.25. The van der Waals surface area contributed by atoms with E-state index < -0.39 is 10.0 Å². The summed E-state index contributed by atoms with van der Waals surface area (Å²) in [5.41, 5.74) is 2.17. The van der Waals surface area contributed by atoms with Gasteiger partial charge in [0.05, 0.1) is 11.8 Å². The molecule has 0 saturated heterocycles. The Balaban J connectivity index is 1.75. The fraction of sp³-hybridized carbons (Fsp3) is 0.250. The summed E-state index contributed by atoms with van der Waals surface area (Å²) in [4.78, 5) is 15.7. The Morgan fingerprint density at radius 2 is 1.91 bits per heavy atom. The van der Waals surface area contributed by atoms with Crippen LogP contribution in [0.4, 0.5) is 5.69 Å². The molecule has 0 aliphatic rings. The van der Waals surface area contributed by atoms with Gasteiger partial charge in [-0.05, 0) is 42.7 Å². The van der Waals surface area contributed by atoms with E-state index in [-0.39, 0.29) is 5.91 Å². The number of hydrogen-bond donors (Lipinski definition) is 2. The van der Waals surface area contributed by atoms with Crippen LogP contribution in [0.3, 0.4) is 0 Å². The first-order chi connectivity index (χ1) is 10.9. The van der Waals surface area contributed by atoms with Crippen LogP contribution in [0.1, 0.15) is 22.3 Å². The highest BCUT2D eigenvalue weighted by Gasteiger charge is 2.04. The maximum Gasteiger partial charge on any atom is 0.252 e. The van der Waals surface area contributed by atoms with E-state index in [1.807, 2.05) is 12.1 Å². The normalized spacial score (nSPS) is 11.0. The van der Waals surface area contributed by atoms with Crippen molar-refractivity contribution < 1.29 is 13.2 Å². The molecule has 2 rings (SSSR count). The van der Waals surface area contributed by atoms with Gasteiger partial charge in [0.15, 0.2) is 0 Å². The molecule has 0 unspecified atom stereocenters. The molecule has 2 N–H and O–H groups in total. The Hall–Kier alpha value is -2.41. The number of sulfonamides is 1. The fourth-order valence-electron chi connectivity index (χ4n) is 2.05. The first-order valence-corrected chi connectivity index (χ1v) is 9.08. The number of anilines is 1. The van der Waals surface area contributed by atoms with Crippen LogP contribution in [0.5, 0.6) is 0 Å². The average molecular weight is 333 g/mol. The topological polar surface area (TPSA) is 88.2 Å². The van der Waals surface area contributed by atoms with Crippen LogP contribution < -0.4 is 10.0 Å². The Bertz CT molecular complexity index is 744. The van der Waals surface area contributed by atoms with Gasteiger partial charge >= 0.3 is 0 Å². The third kappa shape index (κ3) is 6.07. The fourth-order valence-corrected chi connectivity index (χ4v) is 2.61. The molecule has 6 nitrogen and oxygen atoms in total. The minimum Gasteiger partial charge on any atom is -0.352 e.